The number of halogens is 1. The third-order valence-corrected chi connectivity index (χ3v) is 6.97. The topological polar surface area (TPSA) is 79.0 Å². The maximum Gasteiger partial charge on any atom is 0.243 e. The van der Waals surface area contributed by atoms with Crippen molar-refractivity contribution in [2.45, 2.75) is 24.8 Å². The molecule has 0 bridgehead atoms. The van der Waals surface area contributed by atoms with Crippen LogP contribution in [0.5, 0.6) is 5.75 Å². The van der Waals surface area contributed by atoms with Crippen LogP contribution in [0.3, 0.4) is 0 Å². The molecular formula is C21H26FN3O4S. The summed E-state index contributed by atoms with van der Waals surface area (Å²) in [5.41, 5.74) is 0.600. The Bertz CT molecular complexity index is 991. The Balaban J connectivity index is 1.61. The smallest absolute Gasteiger partial charge is 0.243 e. The molecule has 2 aromatic rings. The first kappa shape index (κ1) is 22.2. The molecule has 1 saturated heterocycles. The molecule has 1 unspecified atom stereocenters. The van der Waals surface area contributed by atoms with Gasteiger partial charge in [0.2, 0.25) is 15.9 Å². The molecular weight excluding hydrogens is 409 g/mol. The third-order valence-electron chi connectivity index (χ3n) is 5.08. The van der Waals surface area contributed by atoms with Crippen molar-refractivity contribution in [2.75, 3.05) is 38.1 Å². The van der Waals surface area contributed by atoms with Gasteiger partial charge in [-0.15, -0.1) is 0 Å². The number of piperazine rings is 1. The van der Waals surface area contributed by atoms with E-state index in [2.05, 4.69) is 5.32 Å². The van der Waals surface area contributed by atoms with E-state index >= 15 is 0 Å². The molecule has 3 rings (SSSR count). The number of nitrogens with zero attached hydrogens (tertiary/aromatic N) is 2. The highest BCUT2D eigenvalue weighted by atomic mass is 32.2. The zero-order valence-corrected chi connectivity index (χ0v) is 17.9. The molecule has 1 amide bonds. The second-order valence-corrected chi connectivity index (χ2v) is 8.93. The molecule has 0 spiro atoms. The van der Waals surface area contributed by atoms with Crippen molar-refractivity contribution in [3.63, 3.8) is 0 Å². The molecule has 1 atom stereocenters. The van der Waals surface area contributed by atoms with Crippen molar-refractivity contribution < 1.29 is 22.3 Å². The Labute approximate surface area is 176 Å². The van der Waals surface area contributed by atoms with E-state index in [4.69, 9.17) is 4.74 Å². The number of ether oxygens (including phenoxy) is 1. The molecule has 0 aromatic heterocycles. The fraction of sp³-hybridized carbons (Fsp3) is 0.381. The van der Waals surface area contributed by atoms with E-state index in [0.29, 0.717) is 31.1 Å². The van der Waals surface area contributed by atoms with Gasteiger partial charge in [-0.25, -0.2) is 12.8 Å². The Hall–Kier alpha value is -2.49. The molecule has 30 heavy (non-hydrogen) atoms. The zero-order valence-electron chi connectivity index (χ0n) is 17.0. The standard InChI is InChI=1S/C21H26FN3O4S/c1-3-29-20-10-5-4-9-19(20)23-21(26)16(2)24-11-13-25(14-12-24)30(27,28)18-8-6-7-17(22)15-18/h4-10,15-16H,3,11-14H2,1-2H3,(H,23,26). The molecule has 9 heteroatoms. The summed E-state index contributed by atoms with van der Waals surface area (Å²) < 4.78 is 45.8. The molecule has 1 aliphatic rings. The molecule has 1 N–H and O–H groups in total. The minimum absolute atomic E-state index is 0.0609. The number of para-hydroxylation sites is 2. The number of rotatable bonds is 7. The summed E-state index contributed by atoms with van der Waals surface area (Å²) >= 11 is 0. The van der Waals surface area contributed by atoms with Crippen LogP contribution in [0.15, 0.2) is 53.4 Å². The van der Waals surface area contributed by atoms with Gasteiger partial charge in [0.05, 0.1) is 23.2 Å². The van der Waals surface area contributed by atoms with Crippen molar-refractivity contribution in [3.05, 3.63) is 54.3 Å². The first-order valence-corrected chi connectivity index (χ1v) is 11.3. The summed E-state index contributed by atoms with van der Waals surface area (Å²) in [6.07, 6.45) is 0. The molecule has 0 radical (unpaired) electrons. The first-order chi connectivity index (χ1) is 14.3. The van der Waals surface area contributed by atoms with Gasteiger partial charge in [-0.3, -0.25) is 9.69 Å². The second-order valence-electron chi connectivity index (χ2n) is 6.99. The monoisotopic (exact) mass is 435 g/mol. The maximum absolute atomic E-state index is 13.4. The van der Waals surface area contributed by atoms with E-state index in [0.717, 1.165) is 6.07 Å². The number of anilines is 1. The lowest BCUT2D eigenvalue weighted by Gasteiger charge is -2.36. The van der Waals surface area contributed by atoms with E-state index in [1.807, 2.05) is 24.0 Å². The third kappa shape index (κ3) is 4.97. The summed E-state index contributed by atoms with van der Waals surface area (Å²) in [6.45, 7) is 5.41. The SMILES string of the molecule is CCOc1ccccc1NC(=O)C(C)N1CCN(S(=O)(=O)c2cccc(F)c2)CC1. The Kier molecular flexibility index (Phi) is 7.06. The maximum atomic E-state index is 13.4. The van der Waals surface area contributed by atoms with E-state index in [-0.39, 0.29) is 23.9 Å². The Morgan fingerprint density at radius 1 is 1.13 bits per heavy atom. The van der Waals surface area contributed by atoms with Crippen LogP contribution in [0.1, 0.15) is 13.8 Å². The predicted molar refractivity (Wildman–Crippen MR) is 112 cm³/mol. The van der Waals surface area contributed by atoms with Crippen LogP contribution in [-0.4, -0.2) is 62.4 Å². The van der Waals surface area contributed by atoms with Gasteiger partial charge in [0, 0.05) is 26.2 Å². The minimum atomic E-state index is -3.76. The molecule has 1 heterocycles. The van der Waals surface area contributed by atoms with Gasteiger partial charge < -0.3 is 10.1 Å². The van der Waals surface area contributed by atoms with Crippen LogP contribution in [0.4, 0.5) is 10.1 Å². The molecule has 0 saturated carbocycles. The lowest BCUT2D eigenvalue weighted by Crippen LogP contribution is -2.53. The van der Waals surface area contributed by atoms with Crippen LogP contribution in [0, 0.1) is 5.82 Å². The van der Waals surface area contributed by atoms with E-state index in [1.54, 1.807) is 19.1 Å². The van der Waals surface area contributed by atoms with Crippen molar-refractivity contribution in [3.8, 4) is 5.75 Å². The van der Waals surface area contributed by atoms with Gasteiger partial charge >= 0.3 is 0 Å². The Morgan fingerprint density at radius 2 is 1.83 bits per heavy atom. The number of carbonyl (C=O) groups excluding carboxylic acids is 1. The average molecular weight is 436 g/mol. The molecule has 1 fully saturated rings. The van der Waals surface area contributed by atoms with Crippen LogP contribution >= 0.6 is 0 Å². The van der Waals surface area contributed by atoms with E-state index in [9.17, 15) is 17.6 Å². The fourth-order valence-corrected chi connectivity index (χ4v) is 4.82. The number of hydrogen-bond acceptors (Lipinski definition) is 5. The van der Waals surface area contributed by atoms with E-state index in [1.165, 1.54) is 22.5 Å². The highest BCUT2D eigenvalue weighted by Crippen LogP contribution is 2.24. The van der Waals surface area contributed by atoms with Gasteiger partial charge in [0.25, 0.3) is 0 Å². The number of carbonyl (C=O) groups is 1. The normalized spacial score (nSPS) is 16.8. The van der Waals surface area contributed by atoms with Crippen molar-refractivity contribution in [2.24, 2.45) is 0 Å². The number of benzene rings is 2. The van der Waals surface area contributed by atoms with Gasteiger partial charge in [-0.2, -0.15) is 4.31 Å². The van der Waals surface area contributed by atoms with Crippen LogP contribution < -0.4 is 10.1 Å². The number of sulfonamides is 1. The zero-order chi connectivity index (χ0) is 21.7. The number of hydrogen-bond donors (Lipinski definition) is 1. The molecule has 1 aliphatic heterocycles. The van der Waals surface area contributed by atoms with Crippen molar-refractivity contribution in [1.29, 1.82) is 0 Å². The van der Waals surface area contributed by atoms with Gasteiger partial charge in [0.15, 0.2) is 0 Å². The summed E-state index contributed by atoms with van der Waals surface area (Å²) in [5.74, 6) is -0.178. The average Bonchev–Trinajstić information content (AvgIpc) is 2.75. The van der Waals surface area contributed by atoms with Crippen molar-refractivity contribution >= 4 is 21.6 Å². The molecule has 2 aromatic carbocycles. The molecule has 0 aliphatic carbocycles. The predicted octanol–water partition coefficient (Wildman–Crippen LogP) is 2.56. The highest BCUT2D eigenvalue weighted by Gasteiger charge is 2.32. The Morgan fingerprint density at radius 3 is 2.50 bits per heavy atom. The lowest BCUT2D eigenvalue weighted by atomic mass is 10.2. The van der Waals surface area contributed by atoms with Crippen LogP contribution in [0.25, 0.3) is 0 Å². The van der Waals surface area contributed by atoms with Crippen molar-refractivity contribution in [1.82, 2.24) is 9.21 Å². The van der Waals surface area contributed by atoms with Crippen LogP contribution in [0.2, 0.25) is 0 Å². The quantitative estimate of drug-likeness (QED) is 0.723. The summed E-state index contributed by atoms with van der Waals surface area (Å²) in [5, 5.41) is 2.89. The lowest BCUT2D eigenvalue weighted by molar-refractivity contribution is -0.121. The summed E-state index contributed by atoms with van der Waals surface area (Å²) in [4.78, 5) is 14.6. The second kappa shape index (κ2) is 9.55. The largest absolute Gasteiger partial charge is 0.492 e. The summed E-state index contributed by atoms with van der Waals surface area (Å²) in [6, 6.07) is 11.8. The number of nitrogens with one attached hydrogen (secondary N) is 1. The highest BCUT2D eigenvalue weighted by molar-refractivity contribution is 7.89. The van der Waals surface area contributed by atoms with Gasteiger partial charge in [0.1, 0.15) is 11.6 Å². The summed E-state index contributed by atoms with van der Waals surface area (Å²) in [7, 11) is -3.76. The van der Waals surface area contributed by atoms with Crippen LogP contribution in [-0.2, 0) is 14.8 Å². The minimum Gasteiger partial charge on any atom is -0.492 e. The van der Waals surface area contributed by atoms with Gasteiger partial charge in [-0.05, 0) is 44.2 Å². The first-order valence-electron chi connectivity index (χ1n) is 9.85. The molecule has 162 valence electrons. The molecule has 7 nitrogen and oxygen atoms in total. The fourth-order valence-electron chi connectivity index (χ4n) is 3.36. The van der Waals surface area contributed by atoms with Gasteiger partial charge in [-0.1, -0.05) is 18.2 Å². The van der Waals surface area contributed by atoms with E-state index < -0.39 is 21.9 Å². The number of amides is 1.